The Morgan fingerprint density at radius 2 is 2.11 bits per heavy atom. The molecule has 0 aliphatic heterocycles. The van der Waals surface area contributed by atoms with E-state index in [1.54, 1.807) is 18.4 Å². The Morgan fingerprint density at radius 3 is 2.72 bits per heavy atom. The van der Waals surface area contributed by atoms with Gasteiger partial charge in [0.1, 0.15) is 0 Å². The van der Waals surface area contributed by atoms with Crippen LogP contribution < -0.4 is 11.3 Å². The summed E-state index contributed by atoms with van der Waals surface area (Å²) in [5, 5.41) is 1.32. The fraction of sp³-hybridized carbons (Fsp3) is 0.167. The van der Waals surface area contributed by atoms with Crippen molar-refractivity contribution in [1.82, 2.24) is 5.43 Å². The Labute approximate surface area is 123 Å². The Bertz CT molecular complexity index is 545. The van der Waals surface area contributed by atoms with E-state index in [1.807, 2.05) is 12.1 Å². The van der Waals surface area contributed by atoms with Crippen LogP contribution in [0.25, 0.3) is 0 Å². The van der Waals surface area contributed by atoms with Crippen molar-refractivity contribution in [3.63, 3.8) is 0 Å². The number of hydrogen-bond donors (Lipinski definition) is 2. The van der Waals surface area contributed by atoms with Crippen molar-refractivity contribution in [2.45, 2.75) is 12.5 Å². The molecule has 1 heterocycles. The van der Waals surface area contributed by atoms with Gasteiger partial charge in [0.05, 0.1) is 12.3 Å². The second-order valence-electron chi connectivity index (χ2n) is 3.81. The molecule has 3 N–H and O–H groups in total. The van der Waals surface area contributed by atoms with Crippen molar-refractivity contribution >= 4 is 39.1 Å². The van der Waals surface area contributed by atoms with Crippen LogP contribution in [0.15, 0.2) is 39.6 Å². The van der Waals surface area contributed by atoms with Crippen molar-refractivity contribution in [2.24, 2.45) is 5.84 Å². The molecule has 0 spiro atoms. The second-order valence-corrected chi connectivity index (χ2v) is 5.37. The number of hydrazine groups is 1. The minimum Gasteiger partial charge on any atom is -0.457 e. The maximum absolute atomic E-state index is 6.14. The monoisotopic (exact) mass is 348 g/mol. The lowest BCUT2D eigenvalue weighted by Gasteiger charge is -2.16. The number of rotatable bonds is 4. The Balaban J connectivity index is 2.26. The standard InChI is InChI=1S/C12H11BrCl2N2O/c13-12-9(3-4-18-12)11(17-16)6-7-5-8(14)1-2-10(7)15/h1-5,11,17H,6,16H2. The minimum atomic E-state index is -0.103. The fourth-order valence-corrected chi connectivity index (χ4v) is 2.64. The van der Waals surface area contributed by atoms with Crippen molar-refractivity contribution in [3.05, 3.63) is 56.4 Å². The maximum atomic E-state index is 6.14. The topological polar surface area (TPSA) is 51.2 Å². The summed E-state index contributed by atoms with van der Waals surface area (Å²) in [6, 6.07) is 7.12. The molecule has 2 rings (SSSR count). The summed E-state index contributed by atoms with van der Waals surface area (Å²) >= 11 is 15.4. The highest BCUT2D eigenvalue weighted by Gasteiger charge is 2.17. The molecular weight excluding hydrogens is 339 g/mol. The van der Waals surface area contributed by atoms with Crippen molar-refractivity contribution in [1.29, 1.82) is 0 Å². The summed E-state index contributed by atoms with van der Waals surface area (Å²) < 4.78 is 5.86. The van der Waals surface area contributed by atoms with Gasteiger partial charge in [-0.2, -0.15) is 0 Å². The van der Waals surface area contributed by atoms with Gasteiger partial charge in [-0.1, -0.05) is 23.2 Å². The first-order valence-electron chi connectivity index (χ1n) is 5.24. The number of hydrogen-bond acceptors (Lipinski definition) is 3. The van der Waals surface area contributed by atoms with Crippen LogP contribution in [-0.4, -0.2) is 0 Å². The van der Waals surface area contributed by atoms with Gasteiger partial charge < -0.3 is 4.42 Å². The summed E-state index contributed by atoms with van der Waals surface area (Å²) in [6.07, 6.45) is 2.22. The Hall–Kier alpha value is -0.520. The fourth-order valence-electron chi connectivity index (χ4n) is 1.73. The maximum Gasteiger partial charge on any atom is 0.173 e. The average molecular weight is 350 g/mol. The molecular formula is C12H11BrCl2N2O. The van der Waals surface area contributed by atoms with Gasteiger partial charge in [0.15, 0.2) is 4.67 Å². The molecule has 0 saturated heterocycles. The molecule has 1 aromatic carbocycles. The largest absolute Gasteiger partial charge is 0.457 e. The number of nitrogens with one attached hydrogen (secondary N) is 1. The van der Waals surface area contributed by atoms with Gasteiger partial charge in [-0.05, 0) is 52.2 Å². The van der Waals surface area contributed by atoms with Crippen LogP contribution in [0.2, 0.25) is 10.0 Å². The molecule has 1 unspecified atom stereocenters. The van der Waals surface area contributed by atoms with E-state index in [1.165, 1.54) is 0 Å². The Morgan fingerprint density at radius 1 is 1.33 bits per heavy atom. The second kappa shape index (κ2) is 6.08. The van der Waals surface area contributed by atoms with E-state index in [-0.39, 0.29) is 6.04 Å². The lowest BCUT2D eigenvalue weighted by Crippen LogP contribution is -2.29. The summed E-state index contributed by atoms with van der Waals surface area (Å²) in [5.74, 6) is 5.58. The molecule has 1 aromatic heterocycles. The molecule has 96 valence electrons. The molecule has 0 radical (unpaired) electrons. The zero-order valence-electron chi connectivity index (χ0n) is 9.29. The van der Waals surface area contributed by atoms with Gasteiger partial charge >= 0.3 is 0 Å². The first-order valence-corrected chi connectivity index (χ1v) is 6.79. The number of halogens is 3. The molecule has 0 aliphatic rings. The minimum absolute atomic E-state index is 0.103. The zero-order chi connectivity index (χ0) is 13.1. The summed E-state index contributed by atoms with van der Waals surface area (Å²) in [6.45, 7) is 0. The molecule has 6 heteroatoms. The van der Waals surface area contributed by atoms with Crippen LogP contribution in [0, 0.1) is 0 Å². The van der Waals surface area contributed by atoms with E-state index in [0.717, 1.165) is 11.1 Å². The van der Waals surface area contributed by atoms with Crippen LogP contribution >= 0.6 is 39.1 Å². The van der Waals surface area contributed by atoms with Crippen LogP contribution in [0.1, 0.15) is 17.2 Å². The summed E-state index contributed by atoms with van der Waals surface area (Å²) in [5.41, 5.74) is 4.62. The normalized spacial score (nSPS) is 12.7. The molecule has 0 fully saturated rings. The Kier molecular flexibility index (Phi) is 4.70. The average Bonchev–Trinajstić information content (AvgIpc) is 2.77. The van der Waals surface area contributed by atoms with Gasteiger partial charge in [0.2, 0.25) is 0 Å². The SMILES string of the molecule is NNC(Cc1cc(Cl)ccc1Cl)c1ccoc1Br. The van der Waals surface area contributed by atoms with E-state index in [9.17, 15) is 0 Å². The number of benzene rings is 1. The van der Waals surface area contributed by atoms with Crippen LogP contribution in [-0.2, 0) is 6.42 Å². The number of nitrogens with two attached hydrogens (primary N) is 1. The molecule has 0 aliphatic carbocycles. The summed E-state index contributed by atoms with van der Waals surface area (Å²) in [7, 11) is 0. The van der Waals surface area contributed by atoms with Gasteiger partial charge in [-0.15, -0.1) is 0 Å². The predicted octanol–water partition coefficient (Wildman–Crippen LogP) is 4.10. The van der Waals surface area contributed by atoms with E-state index in [2.05, 4.69) is 21.4 Å². The molecule has 1 atom stereocenters. The zero-order valence-corrected chi connectivity index (χ0v) is 12.4. The smallest absolute Gasteiger partial charge is 0.173 e. The first kappa shape index (κ1) is 13.9. The third-order valence-corrected chi connectivity index (χ3v) is 3.90. The van der Waals surface area contributed by atoms with Crippen molar-refractivity contribution in [3.8, 4) is 0 Å². The van der Waals surface area contributed by atoms with E-state index >= 15 is 0 Å². The molecule has 2 aromatic rings. The lowest BCUT2D eigenvalue weighted by atomic mass is 10.0. The predicted molar refractivity (Wildman–Crippen MR) is 76.6 cm³/mol. The summed E-state index contributed by atoms with van der Waals surface area (Å²) in [4.78, 5) is 0. The van der Waals surface area contributed by atoms with E-state index in [0.29, 0.717) is 21.1 Å². The van der Waals surface area contributed by atoms with Crippen LogP contribution in [0.3, 0.4) is 0 Å². The van der Waals surface area contributed by atoms with Crippen LogP contribution in [0.4, 0.5) is 0 Å². The third-order valence-electron chi connectivity index (χ3n) is 2.65. The molecule has 0 saturated carbocycles. The van der Waals surface area contributed by atoms with Gasteiger partial charge in [0.25, 0.3) is 0 Å². The van der Waals surface area contributed by atoms with Crippen LogP contribution in [0.5, 0.6) is 0 Å². The van der Waals surface area contributed by atoms with Gasteiger partial charge in [-0.3, -0.25) is 11.3 Å². The molecule has 3 nitrogen and oxygen atoms in total. The van der Waals surface area contributed by atoms with Gasteiger partial charge in [-0.25, -0.2) is 0 Å². The number of furan rings is 1. The van der Waals surface area contributed by atoms with E-state index < -0.39 is 0 Å². The lowest BCUT2D eigenvalue weighted by molar-refractivity contribution is 0.507. The first-order chi connectivity index (χ1) is 8.61. The van der Waals surface area contributed by atoms with Crippen molar-refractivity contribution in [2.75, 3.05) is 0 Å². The highest BCUT2D eigenvalue weighted by atomic mass is 79.9. The molecule has 18 heavy (non-hydrogen) atoms. The third kappa shape index (κ3) is 3.08. The van der Waals surface area contributed by atoms with Crippen molar-refractivity contribution < 1.29 is 4.42 Å². The van der Waals surface area contributed by atoms with Gasteiger partial charge in [0, 0.05) is 15.6 Å². The van der Waals surface area contributed by atoms with E-state index in [4.69, 9.17) is 33.5 Å². The highest BCUT2D eigenvalue weighted by molar-refractivity contribution is 9.10. The highest BCUT2D eigenvalue weighted by Crippen LogP contribution is 2.29. The molecule has 0 amide bonds. The quantitative estimate of drug-likeness (QED) is 0.645. The molecule has 0 bridgehead atoms.